The first kappa shape index (κ1) is 17.6. The maximum Gasteiger partial charge on any atom is 2.00 e. The summed E-state index contributed by atoms with van der Waals surface area (Å²) in [5.41, 5.74) is 2.55. The van der Waals surface area contributed by atoms with Crippen LogP contribution in [0.2, 0.25) is 0 Å². The first-order valence-corrected chi connectivity index (χ1v) is 4.07. The summed E-state index contributed by atoms with van der Waals surface area (Å²) in [5.74, 6) is 0. The van der Waals surface area contributed by atoms with Gasteiger partial charge >= 0.3 is 40.1 Å². The van der Waals surface area contributed by atoms with Crippen molar-refractivity contribution in [2.24, 2.45) is 0 Å². The van der Waals surface area contributed by atoms with Gasteiger partial charge in [0.2, 0.25) is 0 Å². The molecule has 0 atom stereocenters. The summed E-state index contributed by atoms with van der Waals surface area (Å²) < 4.78 is 0. The molecule has 0 N–H and O–H groups in total. The van der Waals surface area contributed by atoms with Gasteiger partial charge in [-0.2, -0.15) is 0 Å². The van der Waals surface area contributed by atoms with Crippen molar-refractivity contribution in [2.45, 2.75) is 0 Å². The van der Waals surface area contributed by atoms with Crippen LogP contribution in [0.4, 0.5) is 0 Å². The van der Waals surface area contributed by atoms with Crippen LogP contribution in [0, 0.1) is 0 Å². The number of halogens is 1. The van der Waals surface area contributed by atoms with E-state index < -0.39 is 0 Å². The fourth-order valence-electron chi connectivity index (χ4n) is 1.26. The maximum absolute atomic E-state index is 2.12. The van der Waals surface area contributed by atoms with Gasteiger partial charge in [0.15, 0.2) is 0 Å². The second-order valence-electron chi connectivity index (χ2n) is 2.73. The average molecular weight is 322 g/mol. The first-order valence-electron chi connectivity index (χ1n) is 4.07. The van der Waals surface area contributed by atoms with E-state index in [9.17, 15) is 0 Å². The quantitative estimate of drug-likeness (QED) is 0.647. The van der Waals surface area contributed by atoms with Crippen LogP contribution in [0.3, 0.4) is 0 Å². The molecule has 0 unspecified atom stereocenters. The number of rotatable bonds is 1. The average Bonchev–Trinajstić information content (AvgIpc) is 2.21. The minimum Gasteiger partial charge on any atom is -1.00 e. The molecule has 15 heavy (non-hydrogen) atoms. The van der Waals surface area contributed by atoms with Crippen molar-refractivity contribution in [1.82, 2.24) is 0 Å². The predicted octanol–water partition coefficient (Wildman–Crippen LogP) is -0.0257. The normalized spacial score (nSPS) is 7.73. The van der Waals surface area contributed by atoms with E-state index in [-0.39, 0.29) is 57.1 Å². The van der Waals surface area contributed by atoms with Crippen molar-refractivity contribution in [2.75, 3.05) is 0 Å². The summed E-state index contributed by atoms with van der Waals surface area (Å²) in [5, 5.41) is 0. The molecule has 0 spiro atoms. The molecule has 2 rings (SSSR count). The Morgan fingerprint density at radius 3 is 1.07 bits per heavy atom. The van der Waals surface area contributed by atoms with E-state index in [1.54, 1.807) is 0 Å². The minimum atomic E-state index is 0. The molecule has 0 nitrogen and oxygen atoms in total. The van der Waals surface area contributed by atoms with Gasteiger partial charge in [0.05, 0.1) is 0 Å². The second-order valence-corrected chi connectivity index (χ2v) is 2.73. The van der Waals surface area contributed by atoms with Gasteiger partial charge in [-0.15, -0.1) is 0 Å². The Labute approximate surface area is 128 Å². The van der Waals surface area contributed by atoms with Crippen LogP contribution in [0.5, 0.6) is 0 Å². The van der Waals surface area contributed by atoms with E-state index in [1.165, 1.54) is 11.1 Å². The molecule has 0 aliphatic heterocycles. The Kier molecular flexibility index (Phi) is 11.1. The Morgan fingerprint density at radius 2 is 0.800 bits per heavy atom. The van der Waals surface area contributed by atoms with Gasteiger partial charge in [-0.3, -0.25) is 0 Å². The summed E-state index contributed by atoms with van der Waals surface area (Å²) in [6.07, 6.45) is 0. The molecule has 0 aliphatic carbocycles. The van der Waals surface area contributed by atoms with Crippen LogP contribution in [0.25, 0.3) is 11.1 Å². The third-order valence-electron chi connectivity index (χ3n) is 1.88. The van der Waals surface area contributed by atoms with Crippen LogP contribution < -0.4 is 17.0 Å². The molecule has 0 fully saturated rings. The minimum absolute atomic E-state index is 0. The van der Waals surface area contributed by atoms with E-state index in [0.29, 0.717) is 0 Å². The van der Waals surface area contributed by atoms with E-state index in [1.807, 2.05) is 12.1 Å². The van der Waals surface area contributed by atoms with Crippen LogP contribution in [0.15, 0.2) is 60.7 Å². The molecule has 0 saturated carbocycles. The molecule has 2 aromatic carbocycles. The zero-order valence-corrected chi connectivity index (χ0v) is 12.1. The third kappa shape index (κ3) is 5.18. The fraction of sp³-hybridized carbons (Fsp3) is 0. The predicted molar refractivity (Wildman–Crippen MR) is 57.6 cm³/mol. The van der Waals surface area contributed by atoms with Crippen molar-refractivity contribution in [1.29, 1.82) is 0 Å². The molecular weight excluding hydrogens is 312 g/mol. The summed E-state index contributed by atoms with van der Waals surface area (Å²) in [7, 11) is 0. The largest absolute Gasteiger partial charge is 2.00 e. The standard InChI is InChI=1S/C12H10.BrH.Cu.Mg/c1-3-7-11(8-4-1)12-9-5-2-6-10-12;;;/h1-10H;1H;;/q;;+1;+2/p-1. The van der Waals surface area contributed by atoms with E-state index in [2.05, 4.69) is 48.5 Å². The topological polar surface area (TPSA) is 0 Å². The van der Waals surface area contributed by atoms with E-state index in [4.69, 9.17) is 0 Å². The molecule has 3 heteroatoms. The van der Waals surface area contributed by atoms with Gasteiger partial charge < -0.3 is 17.0 Å². The maximum atomic E-state index is 2.12. The van der Waals surface area contributed by atoms with Crippen LogP contribution in [0.1, 0.15) is 0 Å². The first-order chi connectivity index (χ1) is 5.97. The summed E-state index contributed by atoms with van der Waals surface area (Å²) in [4.78, 5) is 0. The van der Waals surface area contributed by atoms with Gasteiger partial charge in [0, 0.05) is 0 Å². The molecule has 0 heterocycles. The van der Waals surface area contributed by atoms with Crippen molar-refractivity contribution >= 4 is 23.1 Å². The Hall–Kier alpha value is 0.206. The number of hydrogen-bond donors (Lipinski definition) is 0. The van der Waals surface area contributed by atoms with Crippen molar-refractivity contribution in [3.8, 4) is 11.1 Å². The molecule has 0 saturated heterocycles. The fourth-order valence-corrected chi connectivity index (χ4v) is 1.26. The van der Waals surface area contributed by atoms with Crippen molar-refractivity contribution in [3.05, 3.63) is 60.7 Å². The summed E-state index contributed by atoms with van der Waals surface area (Å²) in [6, 6.07) is 20.8. The van der Waals surface area contributed by atoms with E-state index >= 15 is 0 Å². The summed E-state index contributed by atoms with van der Waals surface area (Å²) >= 11 is 0. The Balaban J connectivity index is 0. The summed E-state index contributed by atoms with van der Waals surface area (Å²) in [6.45, 7) is 0. The van der Waals surface area contributed by atoms with Gasteiger partial charge in [-0.25, -0.2) is 0 Å². The Morgan fingerprint density at radius 1 is 0.533 bits per heavy atom. The third-order valence-corrected chi connectivity index (χ3v) is 1.88. The van der Waals surface area contributed by atoms with Gasteiger partial charge in [0.25, 0.3) is 0 Å². The molecule has 0 amide bonds. The molecule has 76 valence electrons. The number of hydrogen-bond acceptors (Lipinski definition) is 0. The second kappa shape index (κ2) is 9.43. The smallest absolute Gasteiger partial charge is 1.00 e. The molecule has 0 aromatic heterocycles. The molecule has 0 aliphatic rings. The molecule has 0 radical (unpaired) electrons. The van der Waals surface area contributed by atoms with Crippen LogP contribution in [-0.4, -0.2) is 23.1 Å². The van der Waals surface area contributed by atoms with Crippen molar-refractivity contribution in [3.63, 3.8) is 0 Å². The van der Waals surface area contributed by atoms with Gasteiger partial charge in [-0.05, 0) is 11.1 Å². The molecule has 0 bridgehead atoms. The van der Waals surface area contributed by atoms with Crippen LogP contribution >= 0.6 is 0 Å². The zero-order chi connectivity index (χ0) is 8.23. The van der Waals surface area contributed by atoms with Gasteiger partial charge in [-0.1, -0.05) is 60.7 Å². The monoisotopic (exact) mass is 320 g/mol. The number of benzene rings is 2. The zero-order valence-electron chi connectivity index (χ0n) is 8.16. The van der Waals surface area contributed by atoms with Crippen molar-refractivity contribution < 1.29 is 34.1 Å². The molecule has 2 aromatic rings. The molecular formula is C12H10BrCuMg+2. The Bertz CT molecular complexity index is 313. The van der Waals surface area contributed by atoms with E-state index in [0.717, 1.165) is 0 Å². The SMILES string of the molecule is [Br-].[Cu+].[Mg+2].c1ccc(-c2ccccc2)cc1. The van der Waals surface area contributed by atoms with Gasteiger partial charge in [0.1, 0.15) is 0 Å². The van der Waals surface area contributed by atoms with Crippen LogP contribution in [-0.2, 0) is 17.1 Å².